The lowest BCUT2D eigenvalue weighted by molar-refractivity contribution is -0.117. The highest BCUT2D eigenvalue weighted by Gasteiger charge is 2.13. The third-order valence-electron chi connectivity index (χ3n) is 1.81. The Bertz CT molecular complexity index is 317. The zero-order chi connectivity index (χ0) is 10.0. The van der Waals surface area contributed by atoms with Crippen molar-refractivity contribution in [2.24, 2.45) is 5.73 Å². The summed E-state index contributed by atoms with van der Waals surface area (Å²) in [6, 6.07) is -0.551. The minimum atomic E-state index is -0.551. The van der Waals surface area contributed by atoms with E-state index < -0.39 is 6.04 Å². The molecule has 1 aromatic rings. The summed E-state index contributed by atoms with van der Waals surface area (Å²) in [5, 5.41) is 6.24. The molecule has 1 rings (SSSR count). The van der Waals surface area contributed by atoms with Gasteiger partial charge in [-0.25, -0.2) is 0 Å². The molecule has 1 aromatic heterocycles. The van der Waals surface area contributed by atoms with Gasteiger partial charge in [0.15, 0.2) is 0 Å². The first kappa shape index (κ1) is 9.73. The standard InChI is InChI=1S/C8H13N3O2/c1-4-6(3)11-13-8(4)10-7(12)5(2)9/h5H,9H2,1-3H3,(H,10,12)/t5-/m0/s1. The number of aryl methyl sites for hydroxylation is 1. The fourth-order valence-corrected chi connectivity index (χ4v) is 0.758. The number of nitrogens with two attached hydrogens (primary N) is 1. The van der Waals surface area contributed by atoms with Gasteiger partial charge in [0.1, 0.15) is 0 Å². The number of carbonyl (C=O) groups is 1. The van der Waals surface area contributed by atoms with E-state index in [-0.39, 0.29) is 5.91 Å². The van der Waals surface area contributed by atoms with Gasteiger partial charge < -0.3 is 10.3 Å². The van der Waals surface area contributed by atoms with Gasteiger partial charge >= 0.3 is 0 Å². The van der Waals surface area contributed by atoms with Crippen LogP contribution in [0.2, 0.25) is 0 Å². The lowest BCUT2D eigenvalue weighted by Crippen LogP contribution is -2.32. The lowest BCUT2D eigenvalue weighted by atomic mass is 10.2. The minimum absolute atomic E-state index is 0.278. The first-order valence-corrected chi connectivity index (χ1v) is 4.01. The molecule has 1 amide bonds. The molecule has 1 heterocycles. The van der Waals surface area contributed by atoms with Gasteiger partial charge in [-0.15, -0.1) is 0 Å². The van der Waals surface area contributed by atoms with Gasteiger partial charge in [0.2, 0.25) is 11.8 Å². The van der Waals surface area contributed by atoms with Crippen LogP contribution >= 0.6 is 0 Å². The molecule has 5 heteroatoms. The molecule has 0 bridgehead atoms. The van der Waals surface area contributed by atoms with Crippen molar-refractivity contribution in [3.05, 3.63) is 11.3 Å². The van der Waals surface area contributed by atoms with E-state index in [0.717, 1.165) is 11.3 Å². The molecule has 3 N–H and O–H groups in total. The van der Waals surface area contributed by atoms with Gasteiger partial charge in [0, 0.05) is 5.56 Å². The maximum absolute atomic E-state index is 11.1. The molecule has 0 spiro atoms. The number of rotatable bonds is 2. The van der Waals surface area contributed by atoms with Crippen LogP contribution in [0.3, 0.4) is 0 Å². The smallest absolute Gasteiger partial charge is 0.243 e. The van der Waals surface area contributed by atoms with Gasteiger partial charge in [-0.1, -0.05) is 5.16 Å². The molecule has 0 aliphatic heterocycles. The minimum Gasteiger partial charge on any atom is -0.338 e. The predicted octanol–water partition coefficient (Wildman–Crippen LogP) is 0.577. The number of hydrogen-bond acceptors (Lipinski definition) is 4. The molecule has 0 aliphatic rings. The van der Waals surface area contributed by atoms with E-state index in [1.165, 1.54) is 0 Å². The highest BCUT2D eigenvalue weighted by atomic mass is 16.5. The van der Waals surface area contributed by atoms with Crippen molar-refractivity contribution < 1.29 is 9.32 Å². The maximum Gasteiger partial charge on any atom is 0.243 e. The molecule has 0 fully saturated rings. The predicted molar refractivity (Wildman–Crippen MR) is 48.3 cm³/mol. The van der Waals surface area contributed by atoms with Crippen LogP contribution in [0.4, 0.5) is 5.88 Å². The van der Waals surface area contributed by atoms with Crippen molar-refractivity contribution in [3.63, 3.8) is 0 Å². The summed E-state index contributed by atoms with van der Waals surface area (Å²) in [5.41, 5.74) is 6.96. The van der Waals surface area contributed by atoms with E-state index in [4.69, 9.17) is 10.3 Å². The molecule has 0 unspecified atom stereocenters. The Labute approximate surface area is 76.3 Å². The summed E-state index contributed by atoms with van der Waals surface area (Å²) in [4.78, 5) is 11.1. The molecule has 0 aliphatic carbocycles. The molecular formula is C8H13N3O2. The lowest BCUT2D eigenvalue weighted by Gasteiger charge is -2.04. The highest BCUT2D eigenvalue weighted by Crippen LogP contribution is 2.16. The molecule has 0 radical (unpaired) electrons. The molecule has 72 valence electrons. The summed E-state index contributed by atoms with van der Waals surface area (Å²) in [7, 11) is 0. The second-order valence-corrected chi connectivity index (χ2v) is 3.00. The Morgan fingerprint density at radius 3 is 2.62 bits per heavy atom. The van der Waals surface area contributed by atoms with E-state index in [0.29, 0.717) is 5.88 Å². The normalized spacial score (nSPS) is 12.6. The zero-order valence-corrected chi connectivity index (χ0v) is 7.92. The van der Waals surface area contributed by atoms with E-state index in [2.05, 4.69) is 10.5 Å². The van der Waals surface area contributed by atoms with Gasteiger partial charge in [0.05, 0.1) is 11.7 Å². The molecule has 5 nitrogen and oxygen atoms in total. The SMILES string of the molecule is Cc1noc(NC(=O)[C@H](C)N)c1C. The van der Waals surface area contributed by atoms with Crippen molar-refractivity contribution in [1.29, 1.82) is 0 Å². The van der Waals surface area contributed by atoms with E-state index >= 15 is 0 Å². The molecule has 13 heavy (non-hydrogen) atoms. The van der Waals surface area contributed by atoms with Crippen LogP contribution < -0.4 is 11.1 Å². The van der Waals surface area contributed by atoms with Crippen LogP contribution in [-0.4, -0.2) is 17.1 Å². The summed E-state index contributed by atoms with van der Waals surface area (Å²) >= 11 is 0. The second kappa shape index (κ2) is 3.57. The Balaban J connectivity index is 2.75. The third kappa shape index (κ3) is 2.06. The van der Waals surface area contributed by atoms with Crippen molar-refractivity contribution in [2.75, 3.05) is 5.32 Å². The van der Waals surface area contributed by atoms with Crippen molar-refractivity contribution >= 4 is 11.8 Å². The van der Waals surface area contributed by atoms with E-state index in [1.54, 1.807) is 13.8 Å². The largest absolute Gasteiger partial charge is 0.338 e. The fraction of sp³-hybridized carbons (Fsp3) is 0.500. The number of aromatic nitrogens is 1. The zero-order valence-electron chi connectivity index (χ0n) is 7.92. The third-order valence-corrected chi connectivity index (χ3v) is 1.81. The average Bonchev–Trinajstić information content (AvgIpc) is 2.36. The molecular weight excluding hydrogens is 170 g/mol. The summed E-state index contributed by atoms with van der Waals surface area (Å²) < 4.78 is 4.88. The van der Waals surface area contributed by atoms with Crippen LogP contribution in [-0.2, 0) is 4.79 Å². The molecule has 1 atom stereocenters. The van der Waals surface area contributed by atoms with Gasteiger partial charge in [-0.3, -0.25) is 10.1 Å². The van der Waals surface area contributed by atoms with Gasteiger partial charge in [-0.2, -0.15) is 0 Å². The Kier molecular flexibility index (Phi) is 2.67. The number of anilines is 1. The van der Waals surface area contributed by atoms with Crippen molar-refractivity contribution in [1.82, 2.24) is 5.16 Å². The molecule has 0 saturated heterocycles. The Hall–Kier alpha value is -1.36. The quantitative estimate of drug-likeness (QED) is 0.702. The average molecular weight is 183 g/mol. The fourth-order valence-electron chi connectivity index (χ4n) is 0.758. The van der Waals surface area contributed by atoms with Crippen molar-refractivity contribution in [2.45, 2.75) is 26.8 Å². The van der Waals surface area contributed by atoms with E-state index in [9.17, 15) is 4.79 Å². The van der Waals surface area contributed by atoms with Gasteiger partial charge in [0.25, 0.3) is 0 Å². The van der Waals surface area contributed by atoms with Crippen LogP contribution in [0.15, 0.2) is 4.52 Å². The Morgan fingerprint density at radius 1 is 1.62 bits per heavy atom. The van der Waals surface area contributed by atoms with Crippen LogP contribution in [0.5, 0.6) is 0 Å². The number of hydrogen-bond donors (Lipinski definition) is 2. The van der Waals surface area contributed by atoms with Crippen LogP contribution in [0.25, 0.3) is 0 Å². The maximum atomic E-state index is 11.1. The Morgan fingerprint density at radius 2 is 2.23 bits per heavy atom. The summed E-state index contributed by atoms with van der Waals surface area (Å²) in [5.74, 6) is 0.0963. The number of carbonyl (C=O) groups excluding carboxylic acids is 1. The second-order valence-electron chi connectivity index (χ2n) is 3.00. The first-order chi connectivity index (χ1) is 6.02. The molecule has 0 saturated carbocycles. The number of nitrogens with zero attached hydrogens (tertiary/aromatic N) is 1. The highest BCUT2D eigenvalue weighted by molar-refractivity contribution is 5.93. The number of amides is 1. The van der Waals surface area contributed by atoms with Crippen molar-refractivity contribution in [3.8, 4) is 0 Å². The van der Waals surface area contributed by atoms with Crippen LogP contribution in [0, 0.1) is 13.8 Å². The monoisotopic (exact) mass is 183 g/mol. The topological polar surface area (TPSA) is 81.2 Å². The van der Waals surface area contributed by atoms with Gasteiger partial charge in [-0.05, 0) is 20.8 Å². The van der Waals surface area contributed by atoms with Crippen LogP contribution in [0.1, 0.15) is 18.2 Å². The summed E-state index contributed by atoms with van der Waals surface area (Å²) in [6.45, 7) is 5.23. The first-order valence-electron chi connectivity index (χ1n) is 4.01. The summed E-state index contributed by atoms with van der Waals surface area (Å²) in [6.07, 6.45) is 0. The van der Waals surface area contributed by atoms with E-state index in [1.807, 2.05) is 6.92 Å². The number of nitrogens with one attached hydrogen (secondary N) is 1. The molecule has 0 aromatic carbocycles.